The minimum absolute atomic E-state index is 0.540. The van der Waals surface area contributed by atoms with Crippen LogP contribution in [0.1, 0.15) is 12.5 Å². The molecule has 2 rings (SSSR count). The summed E-state index contributed by atoms with van der Waals surface area (Å²) < 4.78 is 16.7. The van der Waals surface area contributed by atoms with Crippen LogP contribution in [-0.2, 0) is 0 Å². The molecule has 0 fully saturated rings. The van der Waals surface area contributed by atoms with Crippen molar-refractivity contribution in [3.05, 3.63) is 48.0 Å². The predicted octanol–water partition coefficient (Wildman–Crippen LogP) is 3.47. The van der Waals surface area contributed by atoms with Gasteiger partial charge in [0.25, 0.3) is 0 Å². The fourth-order valence-corrected chi connectivity index (χ4v) is 2.39. The average molecular weight is 357 g/mol. The van der Waals surface area contributed by atoms with Crippen LogP contribution in [-0.4, -0.2) is 39.9 Å². The van der Waals surface area contributed by atoms with Crippen molar-refractivity contribution in [1.82, 2.24) is 5.32 Å². The molecule has 0 spiro atoms. The van der Waals surface area contributed by atoms with E-state index in [0.717, 1.165) is 17.0 Å². The molecule has 0 bridgehead atoms. The van der Waals surface area contributed by atoms with Gasteiger partial charge in [0.15, 0.2) is 17.5 Å². The number of methoxy groups -OCH3 is 1. The van der Waals surface area contributed by atoms with E-state index in [1.807, 2.05) is 56.3 Å². The molecule has 0 unspecified atom stereocenters. The topological polar surface area (TPSA) is 64.1 Å². The number of aliphatic imine (C=N–C) groups is 1. The van der Waals surface area contributed by atoms with Gasteiger partial charge in [0, 0.05) is 18.8 Å². The van der Waals surface area contributed by atoms with E-state index in [0.29, 0.717) is 37.2 Å². The standard InChI is InChI=1S/C20H27N3O3/c1-5-25-19-14-16(10-11-18(19)24-4)23-20(21-3)22-12-13-26-17-9-7-6-8-15(17)2/h6-11,14H,5,12-13H2,1-4H3,(H2,21,22,23). The van der Waals surface area contributed by atoms with Crippen LogP contribution < -0.4 is 24.8 Å². The summed E-state index contributed by atoms with van der Waals surface area (Å²) in [5.74, 6) is 2.95. The zero-order valence-corrected chi connectivity index (χ0v) is 15.8. The second-order valence-electron chi connectivity index (χ2n) is 5.54. The van der Waals surface area contributed by atoms with E-state index < -0.39 is 0 Å². The molecule has 2 N–H and O–H groups in total. The average Bonchev–Trinajstić information content (AvgIpc) is 2.66. The van der Waals surface area contributed by atoms with E-state index in [9.17, 15) is 0 Å². The molecule has 0 amide bonds. The van der Waals surface area contributed by atoms with E-state index in [2.05, 4.69) is 15.6 Å². The van der Waals surface area contributed by atoms with Gasteiger partial charge >= 0.3 is 0 Å². The van der Waals surface area contributed by atoms with Crippen LogP contribution >= 0.6 is 0 Å². The van der Waals surface area contributed by atoms with E-state index >= 15 is 0 Å². The Bertz CT molecular complexity index is 732. The molecule has 0 radical (unpaired) electrons. The Morgan fingerprint density at radius 3 is 2.54 bits per heavy atom. The number of aryl methyl sites for hydroxylation is 1. The largest absolute Gasteiger partial charge is 0.493 e. The first-order valence-electron chi connectivity index (χ1n) is 8.64. The summed E-state index contributed by atoms with van der Waals surface area (Å²) in [5.41, 5.74) is 1.99. The first-order chi connectivity index (χ1) is 12.7. The monoisotopic (exact) mass is 357 g/mol. The highest BCUT2D eigenvalue weighted by Crippen LogP contribution is 2.30. The van der Waals surface area contributed by atoms with Crippen molar-refractivity contribution < 1.29 is 14.2 Å². The summed E-state index contributed by atoms with van der Waals surface area (Å²) in [6.07, 6.45) is 0. The molecule has 6 heteroatoms. The SMILES string of the molecule is CCOc1cc(NC(=NC)NCCOc2ccccc2C)ccc1OC. The van der Waals surface area contributed by atoms with Gasteiger partial charge in [-0.3, -0.25) is 4.99 Å². The maximum atomic E-state index is 5.78. The van der Waals surface area contributed by atoms with Crippen LogP contribution in [0.4, 0.5) is 5.69 Å². The highest BCUT2D eigenvalue weighted by molar-refractivity contribution is 5.93. The third-order valence-corrected chi connectivity index (χ3v) is 3.70. The van der Waals surface area contributed by atoms with Gasteiger partial charge in [0.1, 0.15) is 12.4 Å². The van der Waals surface area contributed by atoms with E-state index in [1.165, 1.54) is 0 Å². The van der Waals surface area contributed by atoms with Crippen LogP contribution in [0.15, 0.2) is 47.5 Å². The summed E-state index contributed by atoms with van der Waals surface area (Å²) >= 11 is 0. The molecule has 2 aromatic carbocycles. The number of guanidine groups is 1. The molecule has 0 atom stereocenters. The molecule has 0 aliphatic carbocycles. The lowest BCUT2D eigenvalue weighted by Crippen LogP contribution is -2.33. The molecular weight excluding hydrogens is 330 g/mol. The fraction of sp³-hybridized carbons (Fsp3) is 0.350. The minimum Gasteiger partial charge on any atom is -0.493 e. The summed E-state index contributed by atoms with van der Waals surface area (Å²) in [6.45, 7) is 5.71. The molecule has 0 aromatic heterocycles. The highest BCUT2D eigenvalue weighted by Gasteiger charge is 2.07. The maximum absolute atomic E-state index is 5.78. The molecule has 2 aromatic rings. The van der Waals surface area contributed by atoms with Crippen LogP contribution in [0.5, 0.6) is 17.2 Å². The second kappa shape index (κ2) is 10.2. The van der Waals surface area contributed by atoms with Crippen molar-refractivity contribution >= 4 is 11.6 Å². The van der Waals surface area contributed by atoms with E-state index in [4.69, 9.17) is 14.2 Å². The van der Waals surface area contributed by atoms with E-state index in [1.54, 1.807) is 14.2 Å². The Labute approximate surface area is 155 Å². The Hall–Kier alpha value is -2.89. The summed E-state index contributed by atoms with van der Waals surface area (Å²) in [4.78, 5) is 4.23. The van der Waals surface area contributed by atoms with Gasteiger partial charge in [0.2, 0.25) is 0 Å². The Balaban J connectivity index is 1.87. The van der Waals surface area contributed by atoms with Crippen molar-refractivity contribution in [2.75, 3.05) is 39.2 Å². The number of benzene rings is 2. The second-order valence-corrected chi connectivity index (χ2v) is 5.54. The molecular formula is C20H27N3O3. The smallest absolute Gasteiger partial charge is 0.195 e. The van der Waals surface area contributed by atoms with Gasteiger partial charge in [-0.05, 0) is 37.6 Å². The van der Waals surface area contributed by atoms with Crippen molar-refractivity contribution in [3.8, 4) is 17.2 Å². The van der Waals surface area contributed by atoms with Crippen molar-refractivity contribution in [3.63, 3.8) is 0 Å². The summed E-state index contributed by atoms with van der Waals surface area (Å²) in [5, 5.41) is 6.47. The summed E-state index contributed by atoms with van der Waals surface area (Å²) in [6, 6.07) is 13.6. The number of anilines is 1. The molecule has 140 valence electrons. The van der Waals surface area contributed by atoms with Gasteiger partial charge in [-0.25, -0.2) is 0 Å². The lowest BCUT2D eigenvalue weighted by atomic mass is 10.2. The van der Waals surface area contributed by atoms with Gasteiger partial charge in [-0.15, -0.1) is 0 Å². The quantitative estimate of drug-likeness (QED) is 0.430. The van der Waals surface area contributed by atoms with Gasteiger partial charge in [0.05, 0.1) is 20.3 Å². The van der Waals surface area contributed by atoms with Crippen LogP contribution in [0, 0.1) is 6.92 Å². The third-order valence-electron chi connectivity index (χ3n) is 3.70. The minimum atomic E-state index is 0.540. The lowest BCUT2D eigenvalue weighted by molar-refractivity contribution is 0.311. The van der Waals surface area contributed by atoms with Crippen molar-refractivity contribution in [1.29, 1.82) is 0 Å². The number of hydrogen-bond acceptors (Lipinski definition) is 4. The number of para-hydroxylation sites is 1. The molecule has 0 aliphatic rings. The first-order valence-corrected chi connectivity index (χ1v) is 8.64. The van der Waals surface area contributed by atoms with E-state index in [-0.39, 0.29) is 0 Å². The maximum Gasteiger partial charge on any atom is 0.195 e. The number of ether oxygens (including phenoxy) is 3. The van der Waals surface area contributed by atoms with Crippen molar-refractivity contribution in [2.24, 2.45) is 4.99 Å². The van der Waals surface area contributed by atoms with Crippen LogP contribution in [0.2, 0.25) is 0 Å². The van der Waals surface area contributed by atoms with Crippen LogP contribution in [0.25, 0.3) is 0 Å². The summed E-state index contributed by atoms with van der Waals surface area (Å²) in [7, 11) is 3.35. The highest BCUT2D eigenvalue weighted by atomic mass is 16.5. The zero-order valence-electron chi connectivity index (χ0n) is 15.8. The predicted molar refractivity (Wildman–Crippen MR) is 106 cm³/mol. The number of nitrogens with zero attached hydrogens (tertiary/aromatic N) is 1. The molecule has 0 saturated heterocycles. The Morgan fingerprint density at radius 1 is 1.04 bits per heavy atom. The normalized spacial score (nSPS) is 11.0. The van der Waals surface area contributed by atoms with Gasteiger partial charge in [-0.2, -0.15) is 0 Å². The third kappa shape index (κ3) is 5.58. The van der Waals surface area contributed by atoms with Gasteiger partial charge in [-0.1, -0.05) is 18.2 Å². The first kappa shape index (κ1) is 19.4. The number of nitrogens with one attached hydrogen (secondary N) is 2. The zero-order chi connectivity index (χ0) is 18.8. The van der Waals surface area contributed by atoms with Crippen molar-refractivity contribution in [2.45, 2.75) is 13.8 Å². The number of hydrogen-bond donors (Lipinski definition) is 2. The number of rotatable bonds is 8. The van der Waals surface area contributed by atoms with Gasteiger partial charge < -0.3 is 24.8 Å². The Morgan fingerprint density at radius 2 is 1.85 bits per heavy atom. The molecule has 0 saturated carbocycles. The molecule has 6 nitrogen and oxygen atoms in total. The molecule has 0 aliphatic heterocycles. The molecule has 26 heavy (non-hydrogen) atoms. The lowest BCUT2D eigenvalue weighted by Gasteiger charge is -2.15. The molecule has 0 heterocycles. The van der Waals surface area contributed by atoms with Crippen LogP contribution in [0.3, 0.4) is 0 Å². The fourth-order valence-electron chi connectivity index (χ4n) is 2.39. The Kier molecular flexibility index (Phi) is 7.61.